The van der Waals surface area contributed by atoms with Gasteiger partial charge in [-0.3, -0.25) is 0 Å². The first-order valence-corrected chi connectivity index (χ1v) is 6.46. The molecule has 0 rings (SSSR count). The highest BCUT2D eigenvalue weighted by Crippen LogP contribution is 2.31. The Hall–Kier alpha value is -0.210. The summed E-state index contributed by atoms with van der Waals surface area (Å²) in [6.07, 6.45) is -0.630. The Labute approximate surface area is 105 Å². The molecule has 0 N–H and O–H groups in total. The average molecular weight is 254 g/mol. The van der Waals surface area contributed by atoms with Crippen LogP contribution in [-0.4, -0.2) is 12.1 Å². The second kappa shape index (κ2) is 7.99. The van der Waals surface area contributed by atoms with Gasteiger partial charge in [-0.05, 0) is 11.8 Å². The van der Waals surface area contributed by atoms with Crippen molar-refractivity contribution in [2.45, 2.75) is 67.5 Å². The normalized spacial score (nSPS) is 12.7. The first-order valence-electron chi connectivity index (χ1n) is 6.46. The van der Waals surface area contributed by atoms with Crippen LogP contribution in [0.2, 0.25) is 0 Å². The SMILES string of the molecule is CC(C)C(F)(F)C(C)C.CC(C)C(F)C(C)C. The zero-order valence-corrected chi connectivity index (χ0v) is 12.5. The molecular weight excluding hydrogens is 225 g/mol. The Morgan fingerprint density at radius 1 is 0.647 bits per heavy atom. The topological polar surface area (TPSA) is 0 Å². The van der Waals surface area contributed by atoms with E-state index in [2.05, 4.69) is 0 Å². The lowest BCUT2D eigenvalue weighted by molar-refractivity contribution is -0.0857. The van der Waals surface area contributed by atoms with Gasteiger partial charge in [0.05, 0.1) is 0 Å². The summed E-state index contributed by atoms with van der Waals surface area (Å²) in [6.45, 7) is 13.8. The minimum Gasteiger partial charge on any atom is -0.247 e. The zero-order valence-electron chi connectivity index (χ0n) is 12.5. The van der Waals surface area contributed by atoms with Crippen LogP contribution < -0.4 is 0 Å². The van der Waals surface area contributed by atoms with E-state index in [4.69, 9.17) is 0 Å². The minimum atomic E-state index is -2.50. The van der Waals surface area contributed by atoms with Crippen molar-refractivity contribution in [2.75, 3.05) is 0 Å². The lowest BCUT2D eigenvalue weighted by atomic mass is 9.95. The molecule has 0 radical (unpaired) electrons. The summed E-state index contributed by atoms with van der Waals surface area (Å²) >= 11 is 0. The maximum absolute atomic E-state index is 12.7. The Morgan fingerprint density at radius 2 is 0.882 bits per heavy atom. The third-order valence-corrected chi connectivity index (χ3v) is 2.81. The van der Waals surface area contributed by atoms with Gasteiger partial charge in [-0.1, -0.05) is 55.4 Å². The van der Waals surface area contributed by atoms with Crippen molar-refractivity contribution in [1.82, 2.24) is 0 Å². The number of hydrogen-bond donors (Lipinski definition) is 0. The van der Waals surface area contributed by atoms with E-state index < -0.39 is 23.9 Å². The van der Waals surface area contributed by atoms with Crippen LogP contribution >= 0.6 is 0 Å². The largest absolute Gasteiger partial charge is 0.252 e. The molecule has 0 aromatic rings. The van der Waals surface area contributed by atoms with Crippen molar-refractivity contribution in [3.05, 3.63) is 0 Å². The Balaban J connectivity index is 0. The molecule has 0 aromatic heterocycles. The summed E-state index contributed by atoms with van der Waals surface area (Å²) < 4.78 is 38.0. The summed E-state index contributed by atoms with van der Waals surface area (Å²) in [6, 6.07) is 0. The molecule has 106 valence electrons. The van der Waals surface area contributed by atoms with Crippen LogP contribution in [-0.2, 0) is 0 Å². The Morgan fingerprint density at radius 3 is 0.882 bits per heavy atom. The van der Waals surface area contributed by atoms with Gasteiger partial charge in [-0.25, -0.2) is 13.2 Å². The van der Waals surface area contributed by atoms with Crippen LogP contribution in [0.4, 0.5) is 13.2 Å². The van der Waals surface area contributed by atoms with Gasteiger partial charge in [0.25, 0.3) is 5.92 Å². The van der Waals surface area contributed by atoms with Crippen molar-refractivity contribution in [3.8, 4) is 0 Å². The predicted molar refractivity (Wildman–Crippen MR) is 69.2 cm³/mol. The van der Waals surface area contributed by atoms with E-state index in [0.29, 0.717) is 0 Å². The quantitative estimate of drug-likeness (QED) is 0.615. The van der Waals surface area contributed by atoms with E-state index in [1.165, 1.54) is 0 Å². The number of hydrogen-bond acceptors (Lipinski definition) is 0. The van der Waals surface area contributed by atoms with E-state index in [1.54, 1.807) is 27.7 Å². The third-order valence-electron chi connectivity index (χ3n) is 2.81. The Bertz CT molecular complexity index is 166. The van der Waals surface area contributed by atoms with Crippen molar-refractivity contribution in [3.63, 3.8) is 0 Å². The summed E-state index contributed by atoms with van der Waals surface area (Å²) in [4.78, 5) is 0. The lowest BCUT2D eigenvalue weighted by Crippen LogP contribution is -2.29. The van der Waals surface area contributed by atoms with Crippen LogP contribution in [0, 0.1) is 23.7 Å². The molecule has 0 spiro atoms. The molecule has 17 heavy (non-hydrogen) atoms. The molecule has 3 heteroatoms. The van der Waals surface area contributed by atoms with Gasteiger partial charge in [-0.2, -0.15) is 0 Å². The van der Waals surface area contributed by atoms with E-state index >= 15 is 0 Å². The van der Waals surface area contributed by atoms with Gasteiger partial charge in [0.15, 0.2) is 0 Å². The van der Waals surface area contributed by atoms with E-state index in [1.807, 2.05) is 27.7 Å². The number of rotatable bonds is 4. The lowest BCUT2D eigenvalue weighted by Gasteiger charge is -2.23. The maximum atomic E-state index is 12.7. The molecule has 0 unspecified atom stereocenters. The average Bonchev–Trinajstić information content (AvgIpc) is 2.16. The van der Waals surface area contributed by atoms with Gasteiger partial charge < -0.3 is 0 Å². The Kier molecular flexibility index (Phi) is 9.00. The van der Waals surface area contributed by atoms with Crippen molar-refractivity contribution in [1.29, 1.82) is 0 Å². The second-order valence-electron chi connectivity index (χ2n) is 5.92. The molecule has 0 nitrogen and oxygen atoms in total. The number of alkyl halides is 3. The fraction of sp³-hybridized carbons (Fsp3) is 1.00. The first kappa shape index (κ1) is 19.1. The molecule has 0 saturated heterocycles. The van der Waals surface area contributed by atoms with Gasteiger partial charge in [0.1, 0.15) is 6.17 Å². The molecule has 0 heterocycles. The molecule has 0 atom stereocenters. The van der Waals surface area contributed by atoms with Gasteiger partial charge in [0, 0.05) is 11.8 Å². The summed E-state index contributed by atoms with van der Waals surface area (Å²) in [5.41, 5.74) is 0. The fourth-order valence-electron chi connectivity index (χ4n) is 1.44. The molecule has 0 aliphatic carbocycles. The summed E-state index contributed by atoms with van der Waals surface area (Å²) in [5, 5.41) is 0. The minimum absolute atomic E-state index is 0.176. The predicted octanol–water partition coefficient (Wildman–Crippen LogP) is 5.57. The van der Waals surface area contributed by atoms with Crippen LogP contribution in [0.15, 0.2) is 0 Å². The number of halogens is 3. The molecule has 0 saturated carbocycles. The van der Waals surface area contributed by atoms with Crippen molar-refractivity contribution in [2.24, 2.45) is 23.7 Å². The van der Waals surface area contributed by atoms with Gasteiger partial charge in [-0.15, -0.1) is 0 Å². The maximum Gasteiger partial charge on any atom is 0.252 e. The molecule has 0 aliphatic heterocycles. The van der Waals surface area contributed by atoms with E-state index in [9.17, 15) is 13.2 Å². The summed E-state index contributed by atoms with van der Waals surface area (Å²) in [7, 11) is 0. The molecule has 0 aromatic carbocycles. The highest BCUT2D eigenvalue weighted by atomic mass is 19.3. The van der Waals surface area contributed by atoms with Crippen molar-refractivity contribution >= 4 is 0 Å². The monoisotopic (exact) mass is 254 g/mol. The second-order valence-corrected chi connectivity index (χ2v) is 5.92. The molecule has 0 fully saturated rings. The molecule has 0 amide bonds. The van der Waals surface area contributed by atoms with Crippen molar-refractivity contribution < 1.29 is 13.2 Å². The molecular formula is C14H29F3. The van der Waals surface area contributed by atoms with E-state index in [0.717, 1.165) is 0 Å². The van der Waals surface area contributed by atoms with Crippen LogP contribution in [0.25, 0.3) is 0 Å². The van der Waals surface area contributed by atoms with E-state index in [-0.39, 0.29) is 11.8 Å². The highest BCUT2D eigenvalue weighted by molar-refractivity contribution is 4.73. The zero-order chi connectivity index (χ0) is 14.4. The van der Waals surface area contributed by atoms with Crippen LogP contribution in [0.5, 0.6) is 0 Å². The fourth-order valence-corrected chi connectivity index (χ4v) is 1.44. The first-order chi connectivity index (χ1) is 7.44. The standard InChI is InChI=1S/C7H14F2.C7H15F/c1-5(2)7(8,9)6(3)4;1-5(2)7(8)6(3)4/h5-6H,1-4H3;5-7H,1-4H3. The van der Waals surface area contributed by atoms with Crippen LogP contribution in [0.3, 0.4) is 0 Å². The third kappa shape index (κ3) is 7.67. The highest BCUT2D eigenvalue weighted by Gasteiger charge is 2.36. The molecule has 0 aliphatic rings. The van der Waals surface area contributed by atoms with Gasteiger partial charge >= 0.3 is 0 Å². The smallest absolute Gasteiger partial charge is 0.247 e. The molecule has 0 bridgehead atoms. The van der Waals surface area contributed by atoms with Gasteiger partial charge in [0.2, 0.25) is 0 Å². The van der Waals surface area contributed by atoms with Crippen LogP contribution in [0.1, 0.15) is 55.4 Å². The summed E-state index contributed by atoms with van der Waals surface area (Å²) in [5.74, 6) is -3.24.